The maximum Gasteiger partial charge on any atom is 0.178 e. The highest BCUT2D eigenvalue weighted by Crippen LogP contribution is 2.14. The van der Waals surface area contributed by atoms with Crippen LogP contribution in [0.5, 0.6) is 0 Å². The summed E-state index contributed by atoms with van der Waals surface area (Å²) < 4.78 is 1.31. The summed E-state index contributed by atoms with van der Waals surface area (Å²) in [6, 6.07) is 1.59. The van der Waals surface area contributed by atoms with Gasteiger partial charge in [-0.2, -0.15) is 0 Å². The zero-order valence-corrected chi connectivity index (χ0v) is 10.1. The first kappa shape index (κ1) is 12.5. The third-order valence-electron chi connectivity index (χ3n) is 2.29. The number of halogens is 1. The molecule has 0 saturated heterocycles. The molecule has 0 atom stereocenters. The normalized spacial score (nSPS) is 10.6. The number of aliphatic hydroxyl groups excluding tert-OH is 1. The molecule has 0 radical (unpaired) electrons. The summed E-state index contributed by atoms with van der Waals surface area (Å²) in [4.78, 5) is 8.20. The van der Waals surface area contributed by atoms with Crippen LogP contribution in [-0.2, 0) is 0 Å². The summed E-state index contributed by atoms with van der Waals surface area (Å²) in [6.07, 6.45) is 2.44. The van der Waals surface area contributed by atoms with Gasteiger partial charge >= 0.3 is 0 Å². The minimum absolute atomic E-state index is 0.00927. The molecule has 0 fully saturated rings. The Morgan fingerprint density at radius 2 is 2.33 bits per heavy atom. The largest absolute Gasteiger partial charge is 0.395 e. The van der Waals surface area contributed by atoms with Crippen molar-refractivity contribution in [1.29, 1.82) is 10.8 Å². The molecule has 8 heteroatoms. The fraction of sp³-hybridized carbons (Fsp3) is 0.200. The number of nitrogens with one attached hydrogen (secondary N) is 3. The van der Waals surface area contributed by atoms with Crippen LogP contribution in [0.2, 0.25) is 5.02 Å². The second kappa shape index (κ2) is 5.11. The molecule has 0 unspecified atom stereocenters. The Hall–Kier alpha value is -1.99. The van der Waals surface area contributed by atoms with Gasteiger partial charge in [0.25, 0.3) is 0 Å². The van der Waals surface area contributed by atoms with E-state index in [0.717, 1.165) is 6.34 Å². The number of pyridine rings is 1. The number of fused-ring (bicyclic) bond motifs is 1. The third-order valence-corrected chi connectivity index (χ3v) is 2.50. The second-order valence-corrected chi connectivity index (χ2v) is 3.89. The molecular weight excluding hydrogens is 256 g/mol. The lowest BCUT2D eigenvalue weighted by molar-refractivity contribution is 0.311. The van der Waals surface area contributed by atoms with Crippen LogP contribution in [0.4, 0.5) is 5.82 Å². The van der Waals surface area contributed by atoms with E-state index in [4.69, 9.17) is 27.5 Å². The van der Waals surface area contributed by atoms with Crippen molar-refractivity contribution >= 4 is 34.9 Å². The Balaban J connectivity index is 2.70. The molecule has 2 rings (SSSR count). The first-order chi connectivity index (χ1) is 8.67. The van der Waals surface area contributed by atoms with E-state index in [1.807, 2.05) is 0 Å². The van der Waals surface area contributed by atoms with Crippen molar-refractivity contribution < 1.29 is 5.11 Å². The van der Waals surface area contributed by atoms with Crippen LogP contribution in [0.25, 0.3) is 11.2 Å². The highest BCUT2D eigenvalue weighted by atomic mass is 35.5. The number of hydrogen-bond donors (Lipinski definition) is 4. The lowest BCUT2D eigenvalue weighted by Crippen LogP contribution is -2.26. The van der Waals surface area contributed by atoms with Gasteiger partial charge in [-0.05, 0) is 6.07 Å². The summed E-state index contributed by atoms with van der Waals surface area (Å²) in [7, 11) is 0. The fourth-order valence-corrected chi connectivity index (χ4v) is 1.66. The Bertz CT molecular complexity index is 653. The van der Waals surface area contributed by atoms with Crippen LogP contribution >= 0.6 is 11.6 Å². The average molecular weight is 267 g/mol. The number of aliphatic hydroxyl groups is 1. The molecule has 0 aromatic carbocycles. The summed E-state index contributed by atoms with van der Waals surface area (Å²) >= 11 is 5.83. The van der Waals surface area contributed by atoms with E-state index in [1.54, 1.807) is 6.07 Å². The molecule has 94 valence electrons. The molecule has 0 aliphatic carbocycles. The van der Waals surface area contributed by atoms with E-state index in [2.05, 4.69) is 15.3 Å². The molecule has 2 aromatic rings. The first-order valence-corrected chi connectivity index (χ1v) is 5.53. The molecule has 4 N–H and O–H groups in total. The predicted molar refractivity (Wildman–Crippen MR) is 68.1 cm³/mol. The zero-order chi connectivity index (χ0) is 13.1. The van der Waals surface area contributed by atoms with Crippen molar-refractivity contribution in [3.05, 3.63) is 22.8 Å². The Morgan fingerprint density at radius 1 is 1.56 bits per heavy atom. The van der Waals surface area contributed by atoms with Gasteiger partial charge in [-0.15, -0.1) is 0 Å². The smallest absolute Gasteiger partial charge is 0.178 e. The summed E-state index contributed by atoms with van der Waals surface area (Å²) in [5.74, 6) is 0.259. The van der Waals surface area contributed by atoms with E-state index in [9.17, 15) is 0 Å². The van der Waals surface area contributed by atoms with Gasteiger partial charge in [0.15, 0.2) is 17.0 Å². The van der Waals surface area contributed by atoms with E-state index in [0.29, 0.717) is 16.2 Å². The number of rotatable bonds is 4. The molecule has 0 bridgehead atoms. The monoisotopic (exact) mass is 266 g/mol. The maximum atomic E-state index is 8.76. The standard InChI is InChI=1S/C10H11ClN6O/c11-6-3-7-9(15-4-6)16-10(14-1-2-18)8(13)17(7)5-12/h3-5,12-13,18H,1-2H2,(H,14,15,16). The van der Waals surface area contributed by atoms with Crippen molar-refractivity contribution in [2.24, 2.45) is 0 Å². The SMILES string of the molecule is N=Cn1c(=N)c(NCCO)nc2ncc(Cl)cc21. The molecule has 0 amide bonds. The van der Waals surface area contributed by atoms with Crippen molar-refractivity contribution in [3.8, 4) is 0 Å². The molecule has 18 heavy (non-hydrogen) atoms. The average Bonchev–Trinajstić information content (AvgIpc) is 2.37. The van der Waals surface area contributed by atoms with Crippen LogP contribution in [0.3, 0.4) is 0 Å². The van der Waals surface area contributed by atoms with Crippen molar-refractivity contribution in [2.45, 2.75) is 0 Å². The van der Waals surface area contributed by atoms with Crippen molar-refractivity contribution in [1.82, 2.24) is 14.5 Å². The minimum atomic E-state index is -0.0716. The summed E-state index contributed by atoms with van der Waals surface area (Å²) in [5.41, 5.74) is 0.867. The van der Waals surface area contributed by atoms with Gasteiger partial charge in [0, 0.05) is 12.7 Å². The van der Waals surface area contributed by atoms with Gasteiger partial charge in [-0.25, -0.2) is 9.97 Å². The minimum Gasteiger partial charge on any atom is -0.395 e. The topological polar surface area (TPSA) is 111 Å². The third kappa shape index (κ3) is 2.18. The van der Waals surface area contributed by atoms with E-state index in [1.165, 1.54) is 10.8 Å². The van der Waals surface area contributed by atoms with Gasteiger partial charge in [-0.3, -0.25) is 15.4 Å². The molecule has 0 aliphatic heterocycles. The van der Waals surface area contributed by atoms with Crippen LogP contribution < -0.4 is 10.8 Å². The van der Waals surface area contributed by atoms with Crippen LogP contribution in [-0.4, -0.2) is 39.1 Å². The lowest BCUT2D eigenvalue weighted by Gasteiger charge is -2.10. The Morgan fingerprint density at radius 3 is 3.00 bits per heavy atom. The quantitative estimate of drug-likeness (QED) is 0.475. The van der Waals surface area contributed by atoms with Gasteiger partial charge in [0.05, 0.1) is 23.5 Å². The Kier molecular flexibility index (Phi) is 3.54. The molecule has 0 aliphatic rings. The molecule has 0 spiro atoms. The zero-order valence-electron chi connectivity index (χ0n) is 9.31. The highest BCUT2D eigenvalue weighted by molar-refractivity contribution is 6.31. The van der Waals surface area contributed by atoms with Crippen molar-refractivity contribution in [2.75, 3.05) is 18.5 Å². The van der Waals surface area contributed by atoms with E-state index in [-0.39, 0.29) is 24.5 Å². The first-order valence-electron chi connectivity index (χ1n) is 5.15. The number of hydrogen-bond acceptors (Lipinski definition) is 6. The lowest BCUT2D eigenvalue weighted by atomic mass is 10.4. The van der Waals surface area contributed by atoms with Gasteiger partial charge < -0.3 is 10.4 Å². The molecule has 2 heterocycles. The molecule has 0 saturated carbocycles. The van der Waals surface area contributed by atoms with Gasteiger partial charge in [-0.1, -0.05) is 11.6 Å². The number of anilines is 1. The fourth-order valence-electron chi connectivity index (χ4n) is 1.51. The van der Waals surface area contributed by atoms with E-state index < -0.39 is 0 Å². The maximum absolute atomic E-state index is 8.76. The van der Waals surface area contributed by atoms with Gasteiger partial charge in [0.1, 0.15) is 0 Å². The molecule has 7 nitrogen and oxygen atoms in total. The van der Waals surface area contributed by atoms with Crippen LogP contribution in [0.1, 0.15) is 0 Å². The summed E-state index contributed by atoms with van der Waals surface area (Å²) in [5, 5.41) is 27.2. The predicted octanol–water partition coefficient (Wildman–Crippen LogP) is 0.424. The highest BCUT2D eigenvalue weighted by Gasteiger charge is 2.08. The van der Waals surface area contributed by atoms with Crippen LogP contribution in [0.15, 0.2) is 12.3 Å². The summed E-state index contributed by atoms with van der Waals surface area (Å²) in [6.45, 7) is 0.202. The van der Waals surface area contributed by atoms with Crippen LogP contribution in [0, 0.1) is 10.8 Å². The number of nitrogens with zero attached hydrogens (tertiary/aromatic N) is 3. The van der Waals surface area contributed by atoms with E-state index >= 15 is 0 Å². The second-order valence-electron chi connectivity index (χ2n) is 3.45. The number of aromatic nitrogens is 3. The Labute approximate surface area is 107 Å². The van der Waals surface area contributed by atoms with Crippen molar-refractivity contribution in [3.63, 3.8) is 0 Å². The molecule has 2 aromatic heterocycles. The van der Waals surface area contributed by atoms with Gasteiger partial charge in [0.2, 0.25) is 0 Å². The molecular formula is C10H11ClN6O.